The quantitative estimate of drug-likeness (QED) is 0.535. The smallest absolute Gasteiger partial charge is 0.344 e. The van der Waals surface area contributed by atoms with Crippen molar-refractivity contribution in [2.45, 2.75) is 37.7 Å². The first-order valence-corrected chi connectivity index (χ1v) is 11.8. The maximum atomic E-state index is 12.9. The maximum Gasteiger partial charge on any atom is 0.511 e. The van der Waals surface area contributed by atoms with Gasteiger partial charge in [0.2, 0.25) is 0 Å². The van der Waals surface area contributed by atoms with Crippen LogP contribution in [0.2, 0.25) is 0 Å². The molecule has 5 nitrogen and oxygen atoms in total. The summed E-state index contributed by atoms with van der Waals surface area (Å²) in [7, 11) is -5.31. The Labute approximate surface area is 184 Å². The van der Waals surface area contributed by atoms with Gasteiger partial charge in [0, 0.05) is 41.8 Å². The molecule has 0 saturated carbocycles. The van der Waals surface area contributed by atoms with E-state index >= 15 is 0 Å². The van der Waals surface area contributed by atoms with Crippen molar-refractivity contribution >= 4 is 20.9 Å². The van der Waals surface area contributed by atoms with Crippen LogP contribution in [0.5, 0.6) is 0 Å². The van der Waals surface area contributed by atoms with E-state index in [4.69, 9.17) is 0 Å². The first-order chi connectivity index (χ1) is 15.2. The summed E-state index contributed by atoms with van der Waals surface area (Å²) in [6, 6.07) is 15.4. The van der Waals surface area contributed by atoms with Gasteiger partial charge in [-0.1, -0.05) is 31.2 Å². The molecule has 1 fully saturated rings. The SMILES string of the molecule is CCc1ccc2c(-c3cccc(C#N)c3)cn(C3CCN(S(=O)(=O)C(F)(F)F)CC3)c2c1. The number of halogens is 3. The van der Waals surface area contributed by atoms with Gasteiger partial charge in [0.15, 0.2) is 0 Å². The Morgan fingerprint density at radius 2 is 1.84 bits per heavy atom. The summed E-state index contributed by atoms with van der Waals surface area (Å²) in [5.74, 6) is 0. The van der Waals surface area contributed by atoms with Crippen molar-refractivity contribution in [1.29, 1.82) is 5.26 Å². The summed E-state index contributed by atoms with van der Waals surface area (Å²) >= 11 is 0. The van der Waals surface area contributed by atoms with E-state index in [0.29, 0.717) is 9.87 Å². The molecule has 0 bridgehead atoms. The van der Waals surface area contributed by atoms with Crippen molar-refractivity contribution in [2.24, 2.45) is 0 Å². The molecule has 0 atom stereocenters. The lowest BCUT2D eigenvalue weighted by molar-refractivity contribution is -0.0496. The van der Waals surface area contributed by atoms with Gasteiger partial charge in [-0.05, 0) is 48.6 Å². The second-order valence-corrected chi connectivity index (χ2v) is 9.86. The van der Waals surface area contributed by atoms with Gasteiger partial charge >= 0.3 is 15.5 Å². The number of rotatable bonds is 4. The third-order valence-corrected chi connectivity index (χ3v) is 7.69. The molecule has 1 aliphatic rings. The topological polar surface area (TPSA) is 66.1 Å². The number of piperidine rings is 1. The van der Waals surface area contributed by atoms with Gasteiger partial charge in [-0.25, -0.2) is 8.42 Å². The molecule has 4 rings (SSSR count). The first kappa shape index (κ1) is 22.4. The molecule has 0 radical (unpaired) electrons. The van der Waals surface area contributed by atoms with Crippen molar-refractivity contribution in [1.82, 2.24) is 8.87 Å². The minimum Gasteiger partial charge on any atom is -0.344 e. The normalized spacial score (nSPS) is 16.3. The Bertz CT molecular complexity index is 1300. The van der Waals surface area contributed by atoms with Crippen molar-refractivity contribution in [2.75, 3.05) is 13.1 Å². The summed E-state index contributed by atoms with van der Waals surface area (Å²) in [6.45, 7) is 1.68. The summed E-state index contributed by atoms with van der Waals surface area (Å²) in [5.41, 5.74) is -0.835. The number of hydrogen-bond acceptors (Lipinski definition) is 3. The molecule has 0 aliphatic carbocycles. The summed E-state index contributed by atoms with van der Waals surface area (Å²) in [6.07, 6.45) is 3.38. The average molecular weight is 462 g/mol. The second kappa shape index (κ2) is 8.26. The van der Waals surface area contributed by atoms with Crippen molar-refractivity contribution in [3.05, 3.63) is 59.8 Å². The fourth-order valence-electron chi connectivity index (χ4n) is 4.31. The predicted molar refractivity (Wildman–Crippen MR) is 116 cm³/mol. The van der Waals surface area contributed by atoms with Gasteiger partial charge in [0.1, 0.15) is 0 Å². The first-order valence-electron chi connectivity index (χ1n) is 10.4. The van der Waals surface area contributed by atoms with E-state index in [1.807, 2.05) is 43.5 Å². The highest BCUT2D eigenvalue weighted by molar-refractivity contribution is 7.90. The lowest BCUT2D eigenvalue weighted by Gasteiger charge is -2.32. The molecule has 168 valence electrons. The highest BCUT2D eigenvalue weighted by Crippen LogP contribution is 2.37. The second-order valence-electron chi connectivity index (χ2n) is 7.93. The summed E-state index contributed by atoms with van der Waals surface area (Å²) in [5, 5.41) is 10.2. The largest absolute Gasteiger partial charge is 0.511 e. The van der Waals surface area contributed by atoms with Crippen LogP contribution in [-0.4, -0.2) is 35.9 Å². The van der Waals surface area contributed by atoms with Gasteiger partial charge in [-0.3, -0.25) is 0 Å². The van der Waals surface area contributed by atoms with Crippen LogP contribution in [0.1, 0.15) is 36.9 Å². The van der Waals surface area contributed by atoms with Crippen LogP contribution >= 0.6 is 0 Å². The molecule has 2 heterocycles. The number of aromatic nitrogens is 1. The molecule has 1 aromatic heterocycles. The van der Waals surface area contributed by atoms with Crippen LogP contribution in [0.3, 0.4) is 0 Å². The van der Waals surface area contributed by atoms with E-state index in [1.165, 1.54) is 0 Å². The number of benzene rings is 2. The van der Waals surface area contributed by atoms with E-state index in [1.54, 1.807) is 6.07 Å². The van der Waals surface area contributed by atoms with Crippen molar-refractivity contribution in [3.8, 4) is 17.2 Å². The third-order valence-electron chi connectivity index (χ3n) is 6.06. The summed E-state index contributed by atoms with van der Waals surface area (Å²) < 4.78 is 64.9. The van der Waals surface area contributed by atoms with E-state index in [9.17, 15) is 26.9 Å². The Hall–Kier alpha value is -2.83. The van der Waals surface area contributed by atoms with Crippen LogP contribution in [0.15, 0.2) is 48.7 Å². The molecule has 2 aromatic carbocycles. The van der Waals surface area contributed by atoms with E-state index < -0.39 is 15.5 Å². The van der Waals surface area contributed by atoms with E-state index in [0.717, 1.165) is 34.0 Å². The third kappa shape index (κ3) is 3.89. The van der Waals surface area contributed by atoms with Crippen LogP contribution in [0.4, 0.5) is 13.2 Å². The predicted octanol–water partition coefficient (Wildman–Crippen LogP) is 5.23. The molecular formula is C23H22F3N3O2S. The maximum absolute atomic E-state index is 12.9. The Balaban J connectivity index is 1.73. The molecule has 0 N–H and O–H groups in total. The van der Waals surface area contributed by atoms with Gasteiger partial charge in [-0.15, -0.1) is 0 Å². The molecule has 9 heteroatoms. The minimum absolute atomic E-state index is 0.128. The minimum atomic E-state index is -5.31. The standard InChI is InChI=1S/C23H22F3N3O2S/c1-2-16-6-7-20-21(18-5-3-4-17(12-18)14-27)15-29(22(20)13-16)19-8-10-28(11-9-19)32(30,31)23(24,25)26/h3-7,12-13,15,19H,2,8-11H2,1H3. The van der Waals surface area contributed by atoms with Crippen LogP contribution in [-0.2, 0) is 16.4 Å². The number of hydrogen-bond donors (Lipinski definition) is 0. The highest BCUT2D eigenvalue weighted by Gasteiger charge is 2.50. The number of sulfonamides is 1. The van der Waals surface area contributed by atoms with Crippen LogP contribution in [0.25, 0.3) is 22.0 Å². The lowest BCUT2D eigenvalue weighted by Crippen LogP contribution is -2.45. The highest BCUT2D eigenvalue weighted by atomic mass is 32.2. The zero-order chi connectivity index (χ0) is 23.1. The number of aryl methyl sites for hydroxylation is 1. The zero-order valence-corrected chi connectivity index (χ0v) is 18.2. The fraction of sp³-hybridized carbons (Fsp3) is 0.348. The Morgan fingerprint density at radius 1 is 1.12 bits per heavy atom. The van der Waals surface area contributed by atoms with Gasteiger partial charge < -0.3 is 4.57 Å². The van der Waals surface area contributed by atoms with Gasteiger partial charge in [-0.2, -0.15) is 22.7 Å². The van der Waals surface area contributed by atoms with E-state index in [-0.39, 0.29) is 32.0 Å². The molecule has 0 amide bonds. The number of nitriles is 1. The van der Waals surface area contributed by atoms with Gasteiger partial charge in [0.05, 0.1) is 11.6 Å². The number of nitrogens with zero attached hydrogens (tertiary/aromatic N) is 3. The van der Waals surface area contributed by atoms with Crippen molar-refractivity contribution in [3.63, 3.8) is 0 Å². The monoisotopic (exact) mass is 461 g/mol. The molecule has 32 heavy (non-hydrogen) atoms. The van der Waals surface area contributed by atoms with Crippen LogP contribution < -0.4 is 0 Å². The Kier molecular flexibility index (Phi) is 5.77. The zero-order valence-electron chi connectivity index (χ0n) is 17.4. The number of fused-ring (bicyclic) bond motifs is 1. The van der Waals surface area contributed by atoms with Gasteiger partial charge in [0.25, 0.3) is 0 Å². The number of alkyl halides is 3. The molecular weight excluding hydrogens is 439 g/mol. The molecule has 0 unspecified atom stereocenters. The molecule has 0 spiro atoms. The summed E-state index contributed by atoms with van der Waals surface area (Å²) in [4.78, 5) is 0. The molecule has 3 aromatic rings. The molecule has 1 saturated heterocycles. The Morgan fingerprint density at radius 3 is 2.47 bits per heavy atom. The van der Waals surface area contributed by atoms with Crippen molar-refractivity contribution < 1.29 is 21.6 Å². The lowest BCUT2D eigenvalue weighted by atomic mass is 10.0. The fourth-order valence-corrected chi connectivity index (χ4v) is 5.30. The molecule has 1 aliphatic heterocycles. The average Bonchev–Trinajstić information content (AvgIpc) is 3.17. The van der Waals surface area contributed by atoms with E-state index in [2.05, 4.69) is 16.7 Å². The van der Waals surface area contributed by atoms with Crippen LogP contribution in [0, 0.1) is 11.3 Å².